The fourth-order valence-corrected chi connectivity index (χ4v) is 5.03. The molecule has 1 aromatic heterocycles. The lowest BCUT2D eigenvalue weighted by atomic mass is 10.1. The number of sulfone groups is 1. The van der Waals surface area contributed by atoms with Crippen LogP contribution in [0.2, 0.25) is 0 Å². The van der Waals surface area contributed by atoms with Crippen LogP contribution in [0.3, 0.4) is 0 Å². The minimum absolute atomic E-state index is 0.103. The first-order valence-electron chi connectivity index (χ1n) is 7.00. The summed E-state index contributed by atoms with van der Waals surface area (Å²) in [4.78, 5) is 14.6. The summed E-state index contributed by atoms with van der Waals surface area (Å²) in [7, 11) is -1.61. The average molecular weight is 330 g/mol. The molecule has 1 aromatic rings. The Morgan fingerprint density at radius 3 is 2.43 bits per heavy atom. The first-order chi connectivity index (χ1) is 9.62. The average Bonchev–Trinajstić information content (AvgIpc) is 3.07. The Bertz CT molecular complexity index is 658. The molecule has 1 aliphatic carbocycles. The van der Waals surface area contributed by atoms with Crippen LogP contribution < -0.4 is 10.6 Å². The largest absolute Gasteiger partial charge is 0.396 e. The van der Waals surface area contributed by atoms with Crippen LogP contribution in [0.15, 0.2) is 4.90 Å². The molecule has 1 fully saturated rings. The zero-order valence-corrected chi connectivity index (χ0v) is 14.5. The highest BCUT2D eigenvalue weighted by molar-refractivity contribution is 7.91. The molecule has 0 aliphatic heterocycles. The number of carbonyl (C=O) groups excluding carboxylic acids is 1. The van der Waals surface area contributed by atoms with Gasteiger partial charge in [-0.05, 0) is 18.8 Å². The number of carbonyl (C=O) groups is 1. The highest BCUT2D eigenvalue weighted by Gasteiger charge is 2.31. The second kappa shape index (κ2) is 5.61. The van der Waals surface area contributed by atoms with E-state index in [1.54, 1.807) is 13.8 Å². The molecule has 21 heavy (non-hydrogen) atoms. The molecular weight excluding hydrogens is 308 g/mol. The highest BCUT2D eigenvalue weighted by atomic mass is 32.2. The number of thiophene rings is 1. The van der Waals surface area contributed by atoms with Crippen LogP contribution in [-0.2, 0) is 9.84 Å². The van der Waals surface area contributed by atoms with Gasteiger partial charge in [0.05, 0.1) is 10.6 Å². The summed E-state index contributed by atoms with van der Waals surface area (Å²) in [6.45, 7) is 4.38. The molecule has 0 radical (unpaired) electrons. The van der Waals surface area contributed by atoms with E-state index in [1.165, 1.54) is 24.2 Å². The number of hydrogen-bond acceptors (Lipinski definition) is 6. The topological polar surface area (TPSA) is 80.5 Å². The van der Waals surface area contributed by atoms with Gasteiger partial charge in [0.1, 0.15) is 9.90 Å². The quantitative estimate of drug-likeness (QED) is 0.810. The van der Waals surface area contributed by atoms with Gasteiger partial charge in [-0.15, -0.1) is 11.3 Å². The van der Waals surface area contributed by atoms with Crippen molar-refractivity contribution in [3.63, 3.8) is 0 Å². The zero-order chi connectivity index (χ0) is 15.9. The normalized spacial score (nSPS) is 15.5. The van der Waals surface area contributed by atoms with Crippen LogP contribution >= 0.6 is 11.3 Å². The molecule has 1 heterocycles. The molecule has 1 saturated carbocycles. The lowest BCUT2D eigenvalue weighted by molar-refractivity contribution is 0.0944. The van der Waals surface area contributed by atoms with Gasteiger partial charge in [0.15, 0.2) is 15.6 Å². The first kappa shape index (κ1) is 16.3. The van der Waals surface area contributed by atoms with E-state index in [2.05, 4.69) is 0 Å². The second-order valence-corrected chi connectivity index (χ2v) is 9.05. The van der Waals surface area contributed by atoms with Crippen molar-refractivity contribution in [2.75, 3.05) is 30.5 Å². The molecule has 7 heteroatoms. The highest BCUT2D eigenvalue weighted by Crippen LogP contribution is 2.43. The van der Waals surface area contributed by atoms with Gasteiger partial charge >= 0.3 is 0 Å². The predicted molar refractivity (Wildman–Crippen MR) is 87.0 cm³/mol. The number of ketones is 1. The number of rotatable bonds is 6. The lowest BCUT2D eigenvalue weighted by Crippen LogP contribution is -2.20. The molecule has 0 amide bonds. The van der Waals surface area contributed by atoms with Crippen molar-refractivity contribution in [2.24, 2.45) is 11.8 Å². The Morgan fingerprint density at radius 2 is 2.00 bits per heavy atom. The van der Waals surface area contributed by atoms with Crippen LogP contribution in [0.25, 0.3) is 0 Å². The van der Waals surface area contributed by atoms with Gasteiger partial charge in [0, 0.05) is 25.8 Å². The van der Waals surface area contributed by atoms with Crippen molar-refractivity contribution >= 4 is 37.6 Å². The van der Waals surface area contributed by atoms with Gasteiger partial charge in [-0.1, -0.05) is 13.8 Å². The summed E-state index contributed by atoms with van der Waals surface area (Å²) < 4.78 is 24.1. The summed E-state index contributed by atoms with van der Waals surface area (Å²) in [6, 6.07) is 0. The Balaban J connectivity index is 2.51. The number of hydrogen-bond donors (Lipinski definition) is 1. The van der Waals surface area contributed by atoms with Crippen LogP contribution in [0.1, 0.15) is 36.4 Å². The van der Waals surface area contributed by atoms with Crippen molar-refractivity contribution in [1.82, 2.24) is 0 Å². The zero-order valence-electron chi connectivity index (χ0n) is 12.8. The Morgan fingerprint density at radius 1 is 1.43 bits per heavy atom. The van der Waals surface area contributed by atoms with Crippen molar-refractivity contribution in [1.29, 1.82) is 0 Å². The standard InChI is InChI=1S/C14H22N2O3S2/c1-8(2)11(17)12-10(15)13(21(4,18)19)14(20-12)16(3)7-9-5-6-9/h8-9H,5-7,15H2,1-4H3. The fourth-order valence-electron chi connectivity index (χ4n) is 2.24. The molecule has 0 unspecified atom stereocenters. The van der Waals surface area contributed by atoms with Crippen molar-refractivity contribution in [3.05, 3.63) is 4.88 Å². The van der Waals surface area contributed by atoms with Gasteiger partial charge in [-0.3, -0.25) is 4.79 Å². The van der Waals surface area contributed by atoms with Gasteiger partial charge < -0.3 is 10.6 Å². The first-order valence-corrected chi connectivity index (χ1v) is 9.71. The van der Waals surface area contributed by atoms with Crippen molar-refractivity contribution in [3.8, 4) is 0 Å². The van der Waals surface area contributed by atoms with E-state index in [9.17, 15) is 13.2 Å². The maximum atomic E-state index is 12.2. The van der Waals surface area contributed by atoms with Gasteiger partial charge in [-0.25, -0.2) is 8.42 Å². The summed E-state index contributed by atoms with van der Waals surface area (Å²) in [5.74, 6) is 0.309. The van der Waals surface area contributed by atoms with Crippen LogP contribution in [0.5, 0.6) is 0 Å². The van der Waals surface area contributed by atoms with Crippen molar-refractivity contribution < 1.29 is 13.2 Å². The predicted octanol–water partition coefficient (Wildman–Crippen LogP) is 2.42. The number of anilines is 2. The maximum Gasteiger partial charge on any atom is 0.180 e. The second-order valence-electron chi connectivity index (χ2n) is 6.09. The number of nitrogen functional groups attached to an aromatic ring is 1. The molecule has 0 saturated heterocycles. The Hall–Kier alpha value is -1.08. The molecular formula is C14H22N2O3S2. The van der Waals surface area contributed by atoms with Gasteiger partial charge in [0.2, 0.25) is 0 Å². The van der Waals surface area contributed by atoms with E-state index >= 15 is 0 Å². The van der Waals surface area contributed by atoms with E-state index in [4.69, 9.17) is 5.73 Å². The van der Waals surface area contributed by atoms with E-state index in [0.29, 0.717) is 15.8 Å². The van der Waals surface area contributed by atoms with E-state index < -0.39 is 9.84 Å². The fraction of sp³-hybridized carbons (Fsp3) is 0.643. The summed E-state index contributed by atoms with van der Waals surface area (Å²) in [6.07, 6.45) is 3.50. The number of nitrogens with two attached hydrogens (primary N) is 1. The monoisotopic (exact) mass is 330 g/mol. The lowest BCUT2D eigenvalue weighted by Gasteiger charge is -2.18. The summed E-state index contributed by atoms with van der Waals surface area (Å²) >= 11 is 1.20. The number of Topliss-reactive ketones (excluding diaryl/α,β-unsaturated/α-hetero) is 1. The molecule has 1 aliphatic rings. The Labute approximate surface area is 130 Å². The molecule has 118 valence electrons. The molecule has 2 N–H and O–H groups in total. The third kappa shape index (κ3) is 3.40. The molecule has 0 bridgehead atoms. The van der Waals surface area contributed by atoms with E-state index in [1.807, 2.05) is 11.9 Å². The molecule has 0 spiro atoms. The van der Waals surface area contributed by atoms with Crippen LogP contribution in [0.4, 0.5) is 10.7 Å². The van der Waals surface area contributed by atoms with E-state index in [-0.39, 0.29) is 22.3 Å². The molecule has 2 rings (SSSR count). The van der Waals surface area contributed by atoms with Crippen molar-refractivity contribution in [2.45, 2.75) is 31.6 Å². The number of nitrogens with zero attached hydrogens (tertiary/aromatic N) is 1. The maximum absolute atomic E-state index is 12.2. The molecule has 0 atom stereocenters. The third-order valence-electron chi connectivity index (χ3n) is 3.58. The van der Waals surface area contributed by atoms with Gasteiger partial charge in [-0.2, -0.15) is 0 Å². The summed E-state index contributed by atoms with van der Waals surface area (Å²) in [5, 5.41) is 0.589. The van der Waals surface area contributed by atoms with Gasteiger partial charge in [0.25, 0.3) is 0 Å². The third-order valence-corrected chi connectivity index (χ3v) is 6.20. The van der Waals surface area contributed by atoms with Crippen LogP contribution in [-0.4, -0.2) is 34.0 Å². The molecule has 5 nitrogen and oxygen atoms in total. The Kier molecular flexibility index (Phi) is 4.35. The minimum Gasteiger partial charge on any atom is -0.396 e. The SMILES string of the molecule is CC(C)C(=O)c1sc(N(C)CC2CC2)c(S(C)(=O)=O)c1N. The van der Waals surface area contributed by atoms with Crippen LogP contribution in [0, 0.1) is 11.8 Å². The molecule has 0 aromatic carbocycles. The van der Waals surface area contributed by atoms with E-state index in [0.717, 1.165) is 12.8 Å². The smallest absolute Gasteiger partial charge is 0.180 e. The summed E-state index contributed by atoms with van der Waals surface area (Å²) in [5.41, 5.74) is 6.11. The minimum atomic E-state index is -3.47.